The zero-order valence-corrected chi connectivity index (χ0v) is 15.2. The molecule has 1 atom stereocenters. The lowest BCUT2D eigenvalue weighted by atomic mass is 10.0. The van der Waals surface area contributed by atoms with Crippen LogP contribution in [0, 0.1) is 0 Å². The molecule has 2 N–H and O–H groups in total. The molecule has 0 fully saturated rings. The fraction of sp³-hybridized carbons (Fsp3) is 0.238. The number of nitrogens with zero attached hydrogens (tertiary/aromatic N) is 1. The Labute approximate surface area is 153 Å². The number of nitrogens with one attached hydrogen (secondary N) is 2. The molecule has 0 bridgehead atoms. The summed E-state index contributed by atoms with van der Waals surface area (Å²) >= 11 is 0. The van der Waals surface area contributed by atoms with Gasteiger partial charge in [0.15, 0.2) is 6.23 Å². The van der Waals surface area contributed by atoms with Crippen LogP contribution in [0.25, 0.3) is 10.9 Å². The lowest BCUT2D eigenvalue weighted by molar-refractivity contribution is 0.181. The number of carbonyl (C=O) groups is 1. The molecule has 0 saturated heterocycles. The Morgan fingerprint density at radius 1 is 1.00 bits per heavy atom. The Kier molecular flexibility index (Phi) is 5.37. The normalized spacial score (nSPS) is 12.0. The SMILES string of the molecule is CC(NC(=O)Nc1cccc2cccnc12)Oc1ccccc1C(C)C. The van der Waals surface area contributed by atoms with E-state index in [1.807, 2.05) is 54.6 Å². The van der Waals surface area contributed by atoms with Crippen molar-refractivity contribution in [2.75, 3.05) is 5.32 Å². The van der Waals surface area contributed by atoms with Crippen molar-refractivity contribution in [1.29, 1.82) is 0 Å². The molecular formula is C21H23N3O2. The third-order valence-corrected chi connectivity index (χ3v) is 4.06. The maximum absolute atomic E-state index is 12.3. The van der Waals surface area contributed by atoms with E-state index >= 15 is 0 Å². The lowest BCUT2D eigenvalue weighted by Crippen LogP contribution is -2.39. The Bertz CT molecular complexity index is 903. The molecule has 3 rings (SSSR count). The number of urea groups is 1. The largest absolute Gasteiger partial charge is 0.471 e. The highest BCUT2D eigenvalue weighted by Crippen LogP contribution is 2.26. The number of para-hydroxylation sites is 2. The van der Waals surface area contributed by atoms with Crippen LogP contribution in [0.4, 0.5) is 10.5 Å². The molecule has 134 valence electrons. The number of aromatic nitrogens is 1. The van der Waals surface area contributed by atoms with E-state index < -0.39 is 6.23 Å². The molecule has 0 radical (unpaired) electrons. The van der Waals surface area contributed by atoms with E-state index in [1.54, 1.807) is 13.1 Å². The summed E-state index contributed by atoms with van der Waals surface area (Å²) < 4.78 is 5.92. The monoisotopic (exact) mass is 349 g/mol. The standard InChI is InChI=1S/C21H23N3O2/c1-14(2)17-10-4-5-12-19(17)26-15(3)23-21(25)24-18-11-6-8-16-9-7-13-22-20(16)18/h4-15H,1-3H3,(H2,23,24,25). The highest BCUT2D eigenvalue weighted by Gasteiger charge is 2.13. The first-order valence-electron chi connectivity index (χ1n) is 8.71. The summed E-state index contributed by atoms with van der Waals surface area (Å²) in [5.41, 5.74) is 2.53. The van der Waals surface area contributed by atoms with Crippen molar-refractivity contribution >= 4 is 22.6 Å². The van der Waals surface area contributed by atoms with Crippen LogP contribution in [0.3, 0.4) is 0 Å². The van der Waals surface area contributed by atoms with E-state index in [0.717, 1.165) is 22.2 Å². The first-order valence-corrected chi connectivity index (χ1v) is 8.71. The van der Waals surface area contributed by atoms with Crippen LogP contribution in [0.5, 0.6) is 5.75 Å². The smallest absolute Gasteiger partial charge is 0.322 e. The number of fused-ring (bicyclic) bond motifs is 1. The Balaban J connectivity index is 1.66. The van der Waals surface area contributed by atoms with Crippen molar-refractivity contribution in [2.45, 2.75) is 32.9 Å². The maximum atomic E-state index is 12.3. The van der Waals surface area contributed by atoms with E-state index in [2.05, 4.69) is 29.5 Å². The van der Waals surface area contributed by atoms with Crippen LogP contribution in [0.15, 0.2) is 60.8 Å². The Hall–Kier alpha value is -3.08. The molecule has 0 aliphatic rings. The molecule has 0 aliphatic heterocycles. The van der Waals surface area contributed by atoms with E-state index in [-0.39, 0.29) is 6.03 Å². The molecule has 2 aromatic carbocycles. The van der Waals surface area contributed by atoms with Gasteiger partial charge in [-0.05, 0) is 36.6 Å². The minimum atomic E-state index is -0.474. The van der Waals surface area contributed by atoms with Gasteiger partial charge in [-0.3, -0.25) is 4.98 Å². The van der Waals surface area contributed by atoms with Gasteiger partial charge in [0, 0.05) is 11.6 Å². The van der Waals surface area contributed by atoms with Crippen LogP contribution >= 0.6 is 0 Å². The lowest BCUT2D eigenvalue weighted by Gasteiger charge is -2.20. The van der Waals surface area contributed by atoms with Crippen LogP contribution in [-0.2, 0) is 0 Å². The number of amides is 2. The summed E-state index contributed by atoms with van der Waals surface area (Å²) in [6, 6.07) is 17.0. The summed E-state index contributed by atoms with van der Waals surface area (Å²) in [5.74, 6) is 1.12. The number of hydrogen-bond acceptors (Lipinski definition) is 3. The maximum Gasteiger partial charge on any atom is 0.322 e. The highest BCUT2D eigenvalue weighted by atomic mass is 16.5. The van der Waals surface area contributed by atoms with Gasteiger partial charge >= 0.3 is 6.03 Å². The summed E-state index contributed by atoms with van der Waals surface area (Å²) in [5, 5.41) is 6.63. The zero-order valence-electron chi connectivity index (χ0n) is 15.2. The number of ether oxygens (including phenoxy) is 1. The summed E-state index contributed by atoms with van der Waals surface area (Å²) in [6.45, 7) is 6.03. The third-order valence-electron chi connectivity index (χ3n) is 4.06. The first-order chi connectivity index (χ1) is 12.5. The predicted octanol–water partition coefficient (Wildman–Crippen LogP) is 4.90. The second-order valence-electron chi connectivity index (χ2n) is 6.43. The van der Waals surface area contributed by atoms with Gasteiger partial charge in [-0.15, -0.1) is 0 Å². The molecule has 5 heteroatoms. The van der Waals surface area contributed by atoms with E-state index in [9.17, 15) is 4.79 Å². The average molecular weight is 349 g/mol. The van der Waals surface area contributed by atoms with Crippen molar-refractivity contribution in [3.63, 3.8) is 0 Å². The number of rotatable bonds is 5. The minimum absolute atomic E-state index is 0.335. The van der Waals surface area contributed by atoms with Crippen LogP contribution in [0.1, 0.15) is 32.3 Å². The second kappa shape index (κ2) is 7.87. The molecular weight excluding hydrogens is 326 g/mol. The number of pyridine rings is 1. The molecule has 5 nitrogen and oxygen atoms in total. The summed E-state index contributed by atoms with van der Waals surface area (Å²) in [7, 11) is 0. The predicted molar refractivity (Wildman–Crippen MR) is 105 cm³/mol. The molecule has 1 heterocycles. The van der Waals surface area contributed by atoms with Gasteiger partial charge in [-0.2, -0.15) is 0 Å². The van der Waals surface area contributed by atoms with Gasteiger partial charge in [0.1, 0.15) is 5.75 Å². The summed E-state index contributed by atoms with van der Waals surface area (Å²) in [4.78, 5) is 16.7. The number of anilines is 1. The van der Waals surface area contributed by atoms with Gasteiger partial charge in [0.05, 0.1) is 11.2 Å². The van der Waals surface area contributed by atoms with Crippen LogP contribution in [0.2, 0.25) is 0 Å². The minimum Gasteiger partial charge on any atom is -0.471 e. The van der Waals surface area contributed by atoms with Crippen LogP contribution in [-0.4, -0.2) is 17.2 Å². The van der Waals surface area contributed by atoms with Crippen LogP contribution < -0.4 is 15.4 Å². The molecule has 26 heavy (non-hydrogen) atoms. The molecule has 0 aliphatic carbocycles. The molecule has 0 saturated carbocycles. The molecule has 1 aromatic heterocycles. The number of hydrogen-bond donors (Lipinski definition) is 2. The number of benzene rings is 2. The molecule has 3 aromatic rings. The zero-order chi connectivity index (χ0) is 18.5. The fourth-order valence-corrected chi connectivity index (χ4v) is 2.83. The van der Waals surface area contributed by atoms with Crippen molar-refractivity contribution in [2.24, 2.45) is 0 Å². The third kappa shape index (κ3) is 4.11. The first kappa shape index (κ1) is 17.7. The highest BCUT2D eigenvalue weighted by molar-refractivity contribution is 5.99. The van der Waals surface area contributed by atoms with Crippen molar-refractivity contribution in [1.82, 2.24) is 10.3 Å². The van der Waals surface area contributed by atoms with Gasteiger partial charge in [-0.25, -0.2) is 4.79 Å². The summed E-state index contributed by atoms with van der Waals surface area (Å²) in [6.07, 6.45) is 1.23. The molecule has 2 amide bonds. The quantitative estimate of drug-likeness (QED) is 0.644. The van der Waals surface area contributed by atoms with E-state index in [1.165, 1.54) is 0 Å². The van der Waals surface area contributed by atoms with Gasteiger partial charge in [0.2, 0.25) is 0 Å². The average Bonchev–Trinajstić information content (AvgIpc) is 2.62. The molecule has 1 unspecified atom stereocenters. The van der Waals surface area contributed by atoms with Crippen molar-refractivity contribution < 1.29 is 9.53 Å². The van der Waals surface area contributed by atoms with Gasteiger partial charge < -0.3 is 15.4 Å². The Morgan fingerprint density at radius 3 is 2.58 bits per heavy atom. The number of carbonyl (C=O) groups excluding carboxylic acids is 1. The van der Waals surface area contributed by atoms with Crippen molar-refractivity contribution in [3.05, 3.63) is 66.4 Å². The van der Waals surface area contributed by atoms with Crippen molar-refractivity contribution in [3.8, 4) is 5.75 Å². The topological polar surface area (TPSA) is 63.2 Å². The van der Waals surface area contributed by atoms with Gasteiger partial charge in [0.25, 0.3) is 0 Å². The van der Waals surface area contributed by atoms with E-state index in [0.29, 0.717) is 11.6 Å². The molecule has 0 spiro atoms. The second-order valence-corrected chi connectivity index (χ2v) is 6.43. The van der Waals surface area contributed by atoms with Gasteiger partial charge in [-0.1, -0.05) is 50.2 Å². The fourth-order valence-electron chi connectivity index (χ4n) is 2.83. The Morgan fingerprint density at radius 2 is 1.77 bits per heavy atom. The van der Waals surface area contributed by atoms with E-state index in [4.69, 9.17) is 4.74 Å².